The Morgan fingerprint density at radius 2 is 1.45 bits per heavy atom. The van der Waals surface area contributed by atoms with Crippen molar-refractivity contribution in [3.63, 3.8) is 0 Å². The van der Waals surface area contributed by atoms with E-state index in [-0.39, 0.29) is 17.5 Å². The second kappa shape index (κ2) is 7.57. The summed E-state index contributed by atoms with van der Waals surface area (Å²) in [5, 5.41) is 6.00. The predicted octanol–water partition coefficient (Wildman–Crippen LogP) is 6.37. The maximum Gasteiger partial charge on any atom is 0.507 e. The van der Waals surface area contributed by atoms with Crippen LogP contribution in [0.5, 0.6) is 11.5 Å². The Bertz CT molecular complexity index is 1150. The number of benzene rings is 2. The molecule has 1 aliphatic heterocycles. The van der Waals surface area contributed by atoms with Gasteiger partial charge in [0.05, 0.1) is 6.20 Å². The SMILES string of the molecule is Fc1cnc(Nc2cc(Cl)cc(Cl)c2)nc1Nc1ccc2c(c1)OC(F)(F)C(F)(F)O2. The van der Waals surface area contributed by atoms with Gasteiger partial charge in [-0.1, -0.05) is 23.2 Å². The minimum absolute atomic E-state index is 0.0118. The molecule has 2 heterocycles. The Morgan fingerprint density at radius 1 is 0.806 bits per heavy atom. The van der Waals surface area contributed by atoms with Gasteiger partial charge in [0.25, 0.3) is 0 Å². The summed E-state index contributed by atoms with van der Waals surface area (Å²) in [5.41, 5.74) is 0.440. The molecule has 0 radical (unpaired) electrons. The number of hydrogen-bond donors (Lipinski definition) is 2. The molecule has 0 bridgehead atoms. The zero-order valence-corrected chi connectivity index (χ0v) is 16.4. The summed E-state index contributed by atoms with van der Waals surface area (Å²) in [6.07, 6.45) is -8.86. The highest BCUT2D eigenvalue weighted by atomic mass is 35.5. The van der Waals surface area contributed by atoms with Crippen molar-refractivity contribution in [3.05, 3.63) is 58.5 Å². The average Bonchev–Trinajstić information content (AvgIpc) is 2.64. The van der Waals surface area contributed by atoms with Crippen molar-refractivity contribution in [1.82, 2.24) is 9.97 Å². The molecule has 4 rings (SSSR count). The Hall–Kier alpha value is -3.05. The summed E-state index contributed by atoms with van der Waals surface area (Å²) < 4.78 is 75.4. The second-order valence-corrected chi connectivity index (χ2v) is 7.07. The molecule has 0 amide bonds. The Labute approximate surface area is 180 Å². The van der Waals surface area contributed by atoms with Crippen LogP contribution in [0, 0.1) is 5.82 Å². The molecule has 2 N–H and O–H groups in total. The van der Waals surface area contributed by atoms with Gasteiger partial charge in [-0.3, -0.25) is 0 Å². The first kappa shape index (κ1) is 21.2. The van der Waals surface area contributed by atoms with E-state index in [2.05, 4.69) is 30.1 Å². The van der Waals surface area contributed by atoms with Gasteiger partial charge in [-0.15, -0.1) is 0 Å². The number of hydrogen-bond acceptors (Lipinski definition) is 6. The zero-order chi connectivity index (χ0) is 22.4. The van der Waals surface area contributed by atoms with Crippen LogP contribution in [0.2, 0.25) is 10.0 Å². The van der Waals surface area contributed by atoms with Crippen molar-refractivity contribution in [2.75, 3.05) is 10.6 Å². The van der Waals surface area contributed by atoms with Gasteiger partial charge >= 0.3 is 12.2 Å². The third kappa shape index (κ3) is 4.37. The van der Waals surface area contributed by atoms with Crippen LogP contribution in [0.1, 0.15) is 0 Å². The van der Waals surface area contributed by atoms with Crippen molar-refractivity contribution in [3.8, 4) is 11.5 Å². The van der Waals surface area contributed by atoms with E-state index >= 15 is 0 Å². The van der Waals surface area contributed by atoms with Gasteiger partial charge in [-0.2, -0.15) is 22.5 Å². The molecule has 1 aliphatic rings. The fourth-order valence-corrected chi connectivity index (χ4v) is 3.08. The molecule has 0 atom stereocenters. The topological polar surface area (TPSA) is 68.3 Å². The van der Waals surface area contributed by atoms with Crippen LogP contribution in [0.15, 0.2) is 42.6 Å². The number of fused-ring (bicyclic) bond motifs is 1. The number of alkyl halides is 4. The largest absolute Gasteiger partial charge is 0.507 e. The molecule has 1 aromatic heterocycles. The standard InChI is InChI=1S/C18H9Cl2F5N4O2/c19-8-3-9(20)5-11(4-8)28-16-26-7-12(21)15(29-16)27-10-1-2-13-14(6-10)31-18(24,25)17(22,23)30-13/h1-7H,(H2,26,27,28,29). The van der Waals surface area contributed by atoms with Crippen molar-refractivity contribution in [2.24, 2.45) is 0 Å². The maximum absolute atomic E-state index is 14.2. The van der Waals surface area contributed by atoms with Crippen LogP contribution >= 0.6 is 23.2 Å². The van der Waals surface area contributed by atoms with Crippen molar-refractivity contribution < 1.29 is 31.4 Å². The van der Waals surface area contributed by atoms with E-state index in [4.69, 9.17) is 23.2 Å². The first-order valence-electron chi connectivity index (χ1n) is 8.33. The summed E-state index contributed by atoms with van der Waals surface area (Å²) in [5.74, 6) is -2.51. The number of anilines is 4. The molecule has 0 saturated heterocycles. The molecule has 0 fully saturated rings. The monoisotopic (exact) mass is 478 g/mol. The van der Waals surface area contributed by atoms with Crippen LogP contribution in [-0.4, -0.2) is 22.2 Å². The number of nitrogens with zero attached hydrogens (tertiary/aromatic N) is 2. The molecule has 31 heavy (non-hydrogen) atoms. The minimum atomic E-state index is -4.88. The molecule has 6 nitrogen and oxygen atoms in total. The number of halogens is 7. The van der Waals surface area contributed by atoms with Crippen LogP contribution in [0.3, 0.4) is 0 Å². The van der Waals surface area contributed by atoms with E-state index in [1.54, 1.807) is 0 Å². The first-order chi connectivity index (χ1) is 14.5. The predicted molar refractivity (Wildman–Crippen MR) is 103 cm³/mol. The summed E-state index contributed by atoms with van der Waals surface area (Å²) in [4.78, 5) is 7.74. The molecule has 2 aromatic carbocycles. The summed E-state index contributed by atoms with van der Waals surface area (Å²) >= 11 is 11.8. The van der Waals surface area contributed by atoms with Crippen LogP contribution < -0.4 is 20.1 Å². The van der Waals surface area contributed by atoms with E-state index < -0.39 is 29.5 Å². The number of nitrogens with one attached hydrogen (secondary N) is 2. The number of aromatic nitrogens is 2. The average molecular weight is 479 g/mol. The molecule has 0 saturated carbocycles. The highest BCUT2D eigenvalue weighted by Crippen LogP contribution is 2.47. The third-order valence-electron chi connectivity index (χ3n) is 3.88. The molecule has 162 valence electrons. The smallest absolute Gasteiger partial charge is 0.421 e. The van der Waals surface area contributed by atoms with Crippen LogP contribution in [-0.2, 0) is 0 Å². The van der Waals surface area contributed by atoms with Crippen LogP contribution in [0.4, 0.5) is 45.1 Å². The van der Waals surface area contributed by atoms with Gasteiger partial charge in [-0.25, -0.2) is 9.37 Å². The third-order valence-corrected chi connectivity index (χ3v) is 4.32. The lowest BCUT2D eigenvalue weighted by molar-refractivity contribution is -0.391. The number of rotatable bonds is 4. The van der Waals surface area contributed by atoms with E-state index in [1.165, 1.54) is 24.3 Å². The van der Waals surface area contributed by atoms with E-state index in [9.17, 15) is 22.0 Å². The molecule has 13 heteroatoms. The minimum Gasteiger partial charge on any atom is -0.421 e. The van der Waals surface area contributed by atoms with E-state index in [1.807, 2.05) is 0 Å². The molecule has 0 aliphatic carbocycles. The fraction of sp³-hybridized carbons (Fsp3) is 0.111. The normalized spacial score (nSPS) is 16.0. The zero-order valence-electron chi connectivity index (χ0n) is 14.9. The molecule has 0 spiro atoms. The van der Waals surface area contributed by atoms with Crippen molar-refractivity contribution in [1.29, 1.82) is 0 Å². The highest BCUT2D eigenvalue weighted by molar-refractivity contribution is 6.35. The highest BCUT2D eigenvalue weighted by Gasteiger charge is 2.65. The van der Waals surface area contributed by atoms with Gasteiger partial charge in [0.2, 0.25) is 5.95 Å². The second-order valence-electron chi connectivity index (χ2n) is 6.20. The molecular weight excluding hydrogens is 470 g/mol. The van der Waals surface area contributed by atoms with Gasteiger partial charge in [0, 0.05) is 27.5 Å². The fourth-order valence-electron chi connectivity index (χ4n) is 2.55. The first-order valence-corrected chi connectivity index (χ1v) is 9.08. The molecular formula is C18H9Cl2F5N4O2. The Morgan fingerprint density at radius 3 is 2.13 bits per heavy atom. The number of ether oxygens (including phenoxy) is 2. The lowest BCUT2D eigenvalue weighted by Crippen LogP contribution is -2.52. The summed E-state index contributed by atoms with van der Waals surface area (Å²) in [7, 11) is 0. The lowest BCUT2D eigenvalue weighted by atomic mass is 10.2. The van der Waals surface area contributed by atoms with Crippen molar-refractivity contribution in [2.45, 2.75) is 12.2 Å². The summed E-state index contributed by atoms with van der Waals surface area (Å²) in [6.45, 7) is 0. The summed E-state index contributed by atoms with van der Waals surface area (Å²) in [6, 6.07) is 7.66. The quantitative estimate of drug-likeness (QED) is 0.425. The Kier molecular flexibility index (Phi) is 5.18. The van der Waals surface area contributed by atoms with Gasteiger partial charge in [0.15, 0.2) is 23.1 Å². The van der Waals surface area contributed by atoms with Gasteiger partial charge < -0.3 is 20.1 Å². The van der Waals surface area contributed by atoms with Crippen molar-refractivity contribution >= 4 is 46.3 Å². The van der Waals surface area contributed by atoms with Gasteiger partial charge in [0.1, 0.15) is 0 Å². The molecule has 0 unspecified atom stereocenters. The maximum atomic E-state index is 14.2. The van der Waals surface area contributed by atoms with Gasteiger partial charge in [-0.05, 0) is 30.3 Å². The molecule has 3 aromatic rings. The van der Waals surface area contributed by atoms with E-state index in [0.29, 0.717) is 15.7 Å². The lowest BCUT2D eigenvalue weighted by Gasteiger charge is -2.31. The van der Waals surface area contributed by atoms with E-state index in [0.717, 1.165) is 18.3 Å². The van der Waals surface area contributed by atoms with Crippen LogP contribution in [0.25, 0.3) is 0 Å². The Balaban J connectivity index is 1.58.